The topological polar surface area (TPSA) is 64.3 Å². The largest absolute Gasteiger partial charge is 0.380 e. The molecule has 0 spiro atoms. The summed E-state index contributed by atoms with van der Waals surface area (Å²) < 4.78 is 5.38. The van der Waals surface area contributed by atoms with E-state index in [0.717, 1.165) is 30.6 Å². The van der Waals surface area contributed by atoms with Crippen molar-refractivity contribution in [2.75, 3.05) is 19.8 Å². The highest BCUT2D eigenvalue weighted by atomic mass is 16.5. The Morgan fingerprint density at radius 2 is 1.89 bits per heavy atom. The van der Waals surface area contributed by atoms with E-state index in [0.29, 0.717) is 26.1 Å². The number of nitrogens with two attached hydrogens (primary N) is 1. The van der Waals surface area contributed by atoms with Crippen molar-refractivity contribution in [2.45, 2.75) is 32.7 Å². The average molecular weight is 264 g/mol. The standard InChI is InChI=1S/C15H24N2O2/c1-2-3-9-19-10-8-17-15(18)11-13-4-6-14(12-16)7-5-13/h4-7H,2-3,8-12,16H2,1H3,(H,17,18). The van der Waals surface area contributed by atoms with Crippen molar-refractivity contribution in [1.29, 1.82) is 0 Å². The normalized spacial score (nSPS) is 10.4. The molecule has 0 radical (unpaired) electrons. The number of benzene rings is 1. The SMILES string of the molecule is CCCCOCCNC(=O)Cc1ccc(CN)cc1. The van der Waals surface area contributed by atoms with E-state index < -0.39 is 0 Å². The molecule has 4 nitrogen and oxygen atoms in total. The molecule has 0 unspecified atom stereocenters. The molecule has 0 saturated carbocycles. The number of ether oxygens (including phenoxy) is 1. The molecule has 0 aliphatic rings. The highest BCUT2D eigenvalue weighted by Gasteiger charge is 2.02. The number of amides is 1. The van der Waals surface area contributed by atoms with Gasteiger partial charge in [0.25, 0.3) is 0 Å². The summed E-state index contributed by atoms with van der Waals surface area (Å²) in [7, 11) is 0. The lowest BCUT2D eigenvalue weighted by Crippen LogP contribution is -2.28. The van der Waals surface area contributed by atoms with Crippen LogP contribution >= 0.6 is 0 Å². The van der Waals surface area contributed by atoms with Crippen LogP contribution in [0, 0.1) is 0 Å². The summed E-state index contributed by atoms with van der Waals surface area (Å²) in [6, 6.07) is 7.80. The summed E-state index contributed by atoms with van der Waals surface area (Å²) in [5.41, 5.74) is 7.60. The Kier molecular flexibility index (Phi) is 7.86. The van der Waals surface area contributed by atoms with E-state index in [2.05, 4.69) is 12.2 Å². The quantitative estimate of drug-likeness (QED) is 0.666. The highest BCUT2D eigenvalue weighted by Crippen LogP contribution is 2.04. The molecule has 1 aromatic carbocycles. The molecular weight excluding hydrogens is 240 g/mol. The van der Waals surface area contributed by atoms with E-state index >= 15 is 0 Å². The smallest absolute Gasteiger partial charge is 0.224 e. The summed E-state index contributed by atoms with van der Waals surface area (Å²) in [6.07, 6.45) is 2.60. The van der Waals surface area contributed by atoms with E-state index in [1.807, 2.05) is 24.3 Å². The molecule has 106 valence electrons. The number of rotatable bonds is 9. The summed E-state index contributed by atoms with van der Waals surface area (Å²) in [5.74, 6) is 0.0274. The van der Waals surface area contributed by atoms with Crippen molar-refractivity contribution in [1.82, 2.24) is 5.32 Å². The van der Waals surface area contributed by atoms with Gasteiger partial charge in [-0.1, -0.05) is 37.6 Å². The second kappa shape index (κ2) is 9.53. The lowest BCUT2D eigenvalue weighted by molar-refractivity contribution is -0.120. The van der Waals surface area contributed by atoms with E-state index in [-0.39, 0.29) is 5.91 Å². The third-order valence-corrected chi connectivity index (χ3v) is 2.83. The number of hydrogen-bond donors (Lipinski definition) is 2. The van der Waals surface area contributed by atoms with Crippen molar-refractivity contribution in [3.8, 4) is 0 Å². The van der Waals surface area contributed by atoms with Gasteiger partial charge in [-0.25, -0.2) is 0 Å². The fourth-order valence-electron chi connectivity index (χ4n) is 1.65. The molecule has 3 N–H and O–H groups in total. The zero-order valence-corrected chi connectivity index (χ0v) is 11.7. The molecule has 0 aliphatic carbocycles. The first-order valence-corrected chi connectivity index (χ1v) is 6.88. The molecule has 0 saturated heterocycles. The van der Waals surface area contributed by atoms with Crippen LogP contribution in [0.1, 0.15) is 30.9 Å². The molecular formula is C15H24N2O2. The molecule has 0 heterocycles. The number of carbonyl (C=O) groups excluding carboxylic acids is 1. The molecule has 4 heteroatoms. The van der Waals surface area contributed by atoms with E-state index in [9.17, 15) is 4.79 Å². The number of carbonyl (C=O) groups is 1. The van der Waals surface area contributed by atoms with Crippen molar-refractivity contribution < 1.29 is 9.53 Å². The summed E-state index contributed by atoms with van der Waals surface area (Å²) in [5, 5.41) is 2.85. The van der Waals surface area contributed by atoms with Crippen molar-refractivity contribution in [2.24, 2.45) is 5.73 Å². The van der Waals surface area contributed by atoms with Crippen LogP contribution in [0.4, 0.5) is 0 Å². The molecule has 0 aromatic heterocycles. The third-order valence-electron chi connectivity index (χ3n) is 2.83. The van der Waals surface area contributed by atoms with Crippen LogP contribution in [0.3, 0.4) is 0 Å². The zero-order chi connectivity index (χ0) is 13.9. The maximum atomic E-state index is 11.7. The van der Waals surface area contributed by atoms with Gasteiger partial charge in [0.2, 0.25) is 5.91 Å². The number of unbranched alkanes of at least 4 members (excludes halogenated alkanes) is 1. The maximum absolute atomic E-state index is 11.7. The molecule has 1 rings (SSSR count). The monoisotopic (exact) mass is 264 g/mol. The highest BCUT2D eigenvalue weighted by molar-refractivity contribution is 5.78. The molecule has 19 heavy (non-hydrogen) atoms. The predicted molar refractivity (Wildman–Crippen MR) is 76.8 cm³/mol. The number of nitrogens with one attached hydrogen (secondary N) is 1. The van der Waals surface area contributed by atoms with Gasteiger partial charge in [0.1, 0.15) is 0 Å². The van der Waals surface area contributed by atoms with Gasteiger partial charge < -0.3 is 15.8 Å². The Labute approximate surface area is 115 Å². The average Bonchev–Trinajstić information content (AvgIpc) is 2.43. The number of hydrogen-bond acceptors (Lipinski definition) is 3. The van der Waals surface area contributed by atoms with Crippen LogP contribution in [-0.2, 0) is 22.5 Å². The van der Waals surface area contributed by atoms with Crippen molar-refractivity contribution in [3.63, 3.8) is 0 Å². The van der Waals surface area contributed by atoms with Crippen LogP contribution in [0.5, 0.6) is 0 Å². The minimum absolute atomic E-state index is 0.0274. The van der Waals surface area contributed by atoms with E-state index in [4.69, 9.17) is 10.5 Å². The summed E-state index contributed by atoms with van der Waals surface area (Å²) >= 11 is 0. The van der Waals surface area contributed by atoms with Crippen LogP contribution in [0.25, 0.3) is 0 Å². The van der Waals surface area contributed by atoms with Gasteiger partial charge in [0.15, 0.2) is 0 Å². The Balaban J connectivity index is 2.16. The molecule has 0 bridgehead atoms. The second-order valence-corrected chi connectivity index (χ2v) is 4.51. The fraction of sp³-hybridized carbons (Fsp3) is 0.533. The lowest BCUT2D eigenvalue weighted by Gasteiger charge is -2.06. The lowest BCUT2D eigenvalue weighted by atomic mass is 10.1. The Bertz CT molecular complexity index is 363. The van der Waals surface area contributed by atoms with Crippen LogP contribution in [0.15, 0.2) is 24.3 Å². The van der Waals surface area contributed by atoms with Gasteiger partial charge >= 0.3 is 0 Å². The van der Waals surface area contributed by atoms with Crippen LogP contribution < -0.4 is 11.1 Å². The third kappa shape index (κ3) is 6.94. The Hall–Kier alpha value is -1.39. The second-order valence-electron chi connectivity index (χ2n) is 4.51. The first kappa shape index (κ1) is 15.7. The zero-order valence-electron chi connectivity index (χ0n) is 11.7. The van der Waals surface area contributed by atoms with E-state index in [1.54, 1.807) is 0 Å². The van der Waals surface area contributed by atoms with Gasteiger partial charge in [0.05, 0.1) is 13.0 Å². The molecule has 0 fully saturated rings. The summed E-state index contributed by atoms with van der Waals surface area (Å²) in [4.78, 5) is 11.7. The van der Waals surface area contributed by atoms with Gasteiger partial charge in [0, 0.05) is 19.7 Å². The van der Waals surface area contributed by atoms with Crippen LogP contribution in [-0.4, -0.2) is 25.7 Å². The van der Waals surface area contributed by atoms with Gasteiger partial charge in [-0.05, 0) is 17.5 Å². The van der Waals surface area contributed by atoms with Crippen molar-refractivity contribution >= 4 is 5.91 Å². The molecule has 0 aliphatic heterocycles. The summed E-state index contributed by atoms with van der Waals surface area (Å²) in [6.45, 7) is 4.58. The van der Waals surface area contributed by atoms with Gasteiger partial charge in [-0.15, -0.1) is 0 Å². The minimum atomic E-state index is 0.0274. The van der Waals surface area contributed by atoms with Gasteiger partial charge in [-0.3, -0.25) is 4.79 Å². The van der Waals surface area contributed by atoms with Crippen LogP contribution in [0.2, 0.25) is 0 Å². The Morgan fingerprint density at radius 1 is 1.21 bits per heavy atom. The molecule has 1 amide bonds. The minimum Gasteiger partial charge on any atom is -0.380 e. The molecule has 1 aromatic rings. The van der Waals surface area contributed by atoms with Crippen molar-refractivity contribution in [3.05, 3.63) is 35.4 Å². The molecule has 0 atom stereocenters. The fourth-order valence-corrected chi connectivity index (χ4v) is 1.65. The Morgan fingerprint density at radius 3 is 2.53 bits per heavy atom. The van der Waals surface area contributed by atoms with E-state index in [1.165, 1.54) is 0 Å². The predicted octanol–water partition coefficient (Wildman–Crippen LogP) is 1.62. The maximum Gasteiger partial charge on any atom is 0.224 e. The van der Waals surface area contributed by atoms with Gasteiger partial charge in [-0.2, -0.15) is 0 Å². The first-order chi connectivity index (χ1) is 9.26. The first-order valence-electron chi connectivity index (χ1n) is 6.88.